The Morgan fingerprint density at radius 3 is 1.67 bits per heavy atom. The van der Waals surface area contributed by atoms with Crippen molar-refractivity contribution in [2.75, 3.05) is 22.9 Å². The second kappa shape index (κ2) is 14.0. The molecular formula is C42H44F2N6O10. The summed E-state index contributed by atoms with van der Waals surface area (Å²) in [6.07, 6.45) is -0.972. The van der Waals surface area contributed by atoms with Crippen molar-refractivity contribution < 1.29 is 56.1 Å². The van der Waals surface area contributed by atoms with Crippen LogP contribution in [0.2, 0.25) is 0 Å². The van der Waals surface area contributed by atoms with Crippen molar-refractivity contribution in [3.8, 4) is 0 Å². The molecule has 6 aliphatic rings. The number of carbonyl (C=O) groups excluding carboxylic acids is 6. The number of halogens is 2. The normalized spacial score (nSPS) is 31.1. The van der Waals surface area contributed by atoms with Gasteiger partial charge in [-0.2, -0.15) is 0 Å². The monoisotopic (exact) mass is 830 g/mol. The summed E-state index contributed by atoms with van der Waals surface area (Å²) in [7, 11) is 0. The number of amides is 4. The highest BCUT2D eigenvalue weighted by Crippen LogP contribution is 2.52. The molecule has 18 heteroatoms. The molecule has 2 spiro atoms. The van der Waals surface area contributed by atoms with Crippen molar-refractivity contribution in [2.24, 2.45) is 10.8 Å². The molecule has 6 aliphatic heterocycles. The van der Waals surface area contributed by atoms with Crippen LogP contribution in [-0.4, -0.2) is 95.1 Å². The summed E-state index contributed by atoms with van der Waals surface area (Å²) in [4.78, 5) is 80.2. The Morgan fingerprint density at radius 2 is 1.20 bits per heavy atom. The Bertz CT molecular complexity index is 2440. The second-order valence-corrected chi connectivity index (χ2v) is 16.9. The number of morpholine rings is 2. The van der Waals surface area contributed by atoms with Crippen LogP contribution >= 0.6 is 0 Å². The minimum absolute atomic E-state index is 0.00678. The Kier molecular flexibility index (Phi) is 9.27. The van der Waals surface area contributed by atoms with Crippen LogP contribution in [-0.2, 0) is 51.1 Å². The first kappa shape index (κ1) is 39.8. The lowest BCUT2D eigenvalue weighted by atomic mass is 9.63. The Labute approximate surface area is 341 Å². The van der Waals surface area contributed by atoms with Crippen molar-refractivity contribution >= 4 is 68.5 Å². The van der Waals surface area contributed by atoms with Gasteiger partial charge in [0, 0.05) is 23.9 Å². The lowest BCUT2D eigenvalue weighted by Gasteiger charge is -2.56. The number of rotatable bonds is 2. The molecule has 8 atom stereocenters. The van der Waals surface area contributed by atoms with E-state index in [4.69, 9.17) is 18.5 Å². The fourth-order valence-corrected chi connectivity index (χ4v) is 10.7. The first-order valence-corrected chi connectivity index (χ1v) is 20.3. The van der Waals surface area contributed by atoms with E-state index in [1.165, 1.54) is 0 Å². The molecule has 2 aromatic carbocycles. The van der Waals surface area contributed by atoms with Crippen LogP contribution in [0.5, 0.6) is 0 Å². The van der Waals surface area contributed by atoms with E-state index in [-0.39, 0.29) is 49.1 Å². The van der Waals surface area contributed by atoms with E-state index >= 15 is 8.78 Å². The molecule has 0 aliphatic carbocycles. The number of hydrogen-bond donors (Lipinski definition) is 2. The van der Waals surface area contributed by atoms with Gasteiger partial charge in [-0.15, -0.1) is 0 Å². The van der Waals surface area contributed by atoms with Crippen molar-refractivity contribution in [1.82, 2.24) is 20.9 Å². The molecule has 4 amide bonds. The zero-order chi connectivity index (χ0) is 42.7. The van der Waals surface area contributed by atoms with E-state index in [0.29, 0.717) is 70.6 Å². The van der Waals surface area contributed by atoms with Gasteiger partial charge in [-0.1, -0.05) is 24.2 Å². The number of ketones is 2. The number of Topliss-reactive ketones (excluding diaryl/α,β-unsaturated/α-hetero) is 2. The number of ether oxygens (including phenoxy) is 2. The Hall–Kier alpha value is -5.62. The van der Waals surface area contributed by atoms with Gasteiger partial charge >= 0.3 is 0 Å². The summed E-state index contributed by atoms with van der Waals surface area (Å²) in [5, 5.41) is 13.4. The zero-order valence-corrected chi connectivity index (χ0v) is 33.9. The van der Waals surface area contributed by atoms with Gasteiger partial charge < -0.3 is 28.3 Å². The smallest absolute Gasteiger partial charge is 0.242 e. The van der Waals surface area contributed by atoms with Gasteiger partial charge in [0.05, 0.1) is 72.1 Å². The molecule has 60 heavy (non-hydrogen) atoms. The maximum atomic E-state index is 15.6. The topological polar surface area (TPSA) is 203 Å². The predicted molar refractivity (Wildman–Crippen MR) is 207 cm³/mol. The third-order valence-corrected chi connectivity index (χ3v) is 13.3. The van der Waals surface area contributed by atoms with Gasteiger partial charge in [-0.3, -0.25) is 39.4 Å². The third-order valence-electron chi connectivity index (χ3n) is 13.3. The minimum atomic E-state index is -1.52. The summed E-state index contributed by atoms with van der Waals surface area (Å²) in [6.45, 7) is 11.6. The van der Waals surface area contributed by atoms with Crippen LogP contribution in [0.1, 0.15) is 75.9 Å². The molecule has 2 aromatic heterocycles. The van der Waals surface area contributed by atoms with Gasteiger partial charge in [-0.05, 0) is 76.6 Å². The SMILES string of the molecule is CC[C@@H]1CN2c3c(cc4c(C)noc4c3F)CC3(C(=O)CC(=O)NC3=O)[C@H]2[C@H](C)O1.CC[C@@H]1O[C@H](C)CN2c3c(cc4c(C)noc4c3F)CC3(C(=O)CC(=O)NC3=O)[C@@H]12. The predicted octanol–water partition coefficient (Wildman–Crippen LogP) is 3.61. The summed E-state index contributed by atoms with van der Waals surface area (Å²) >= 11 is 0. The van der Waals surface area contributed by atoms with E-state index in [2.05, 4.69) is 20.9 Å². The number of nitrogens with zero attached hydrogens (tertiary/aromatic N) is 4. The highest BCUT2D eigenvalue weighted by atomic mass is 19.1. The van der Waals surface area contributed by atoms with E-state index in [0.717, 1.165) is 0 Å². The quantitative estimate of drug-likeness (QED) is 0.219. The Balaban J connectivity index is 0.000000154. The van der Waals surface area contributed by atoms with Gasteiger partial charge in [0.2, 0.25) is 34.8 Å². The lowest BCUT2D eigenvalue weighted by Crippen LogP contribution is -2.72. The van der Waals surface area contributed by atoms with Crippen molar-refractivity contribution in [1.29, 1.82) is 0 Å². The molecule has 16 nitrogen and oxygen atoms in total. The summed E-state index contributed by atoms with van der Waals surface area (Å²) in [5.41, 5.74) is -0.171. The molecule has 316 valence electrons. The van der Waals surface area contributed by atoms with Crippen LogP contribution in [0.4, 0.5) is 20.2 Å². The number of anilines is 2. The number of imide groups is 2. The summed E-state index contributed by atoms with van der Waals surface area (Å²) in [6, 6.07) is 2.04. The number of aromatic nitrogens is 2. The highest BCUT2D eigenvalue weighted by Gasteiger charge is 2.64. The number of nitrogens with one attached hydrogen (secondary N) is 2. The highest BCUT2D eigenvalue weighted by molar-refractivity contribution is 6.23. The fraction of sp³-hybridized carbons (Fsp3) is 0.524. The molecule has 0 saturated carbocycles. The standard InChI is InChI=1S/2C21H22FN3O5/c1-4-12-8-25-17-11(5-13-9(2)24-30-18(13)16(17)22)7-21(19(25)10(3)29-12)14(26)6-15(27)23-20(21)28;1-4-13-19-21(14(26)6-15(27)23-20(21)28)7-11-5-12-10(3)24-30-18(12)16(22)17(11)25(19)8-9(2)29-13/h5,10,12,19H,4,6-8H2,1-3H3,(H,23,27,28);5,9,13,19H,4,6-8H2,1-3H3,(H,23,27,28)/t10-,12+,19+,21?;9-,13+,19-,21?/m01/s1. The van der Waals surface area contributed by atoms with Gasteiger partial charge in [0.15, 0.2) is 23.2 Å². The average Bonchev–Trinajstić information content (AvgIpc) is 3.76. The number of aryl methyl sites for hydroxylation is 2. The van der Waals surface area contributed by atoms with Crippen LogP contribution < -0.4 is 20.4 Å². The average molecular weight is 831 g/mol. The maximum Gasteiger partial charge on any atom is 0.242 e. The molecule has 4 aromatic rings. The number of carbonyl (C=O) groups is 6. The first-order valence-electron chi connectivity index (χ1n) is 20.3. The van der Waals surface area contributed by atoms with Gasteiger partial charge in [0.1, 0.15) is 10.8 Å². The molecule has 2 N–H and O–H groups in total. The zero-order valence-electron chi connectivity index (χ0n) is 33.9. The lowest BCUT2D eigenvalue weighted by molar-refractivity contribution is -0.160. The molecule has 10 rings (SSSR count). The van der Waals surface area contributed by atoms with Gasteiger partial charge in [-0.25, -0.2) is 8.78 Å². The van der Waals surface area contributed by atoms with E-state index < -0.39 is 82.0 Å². The number of piperidine rings is 2. The molecule has 8 heterocycles. The maximum absolute atomic E-state index is 15.6. The second-order valence-electron chi connectivity index (χ2n) is 16.9. The Morgan fingerprint density at radius 1 is 0.717 bits per heavy atom. The van der Waals surface area contributed by atoms with Gasteiger partial charge in [0.25, 0.3) is 0 Å². The molecule has 0 radical (unpaired) electrons. The largest absolute Gasteiger partial charge is 0.371 e. The molecule has 4 fully saturated rings. The summed E-state index contributed by atoms with van der Waals surface area (Å²) < 4.78 is 53.9. The summed E-state index contributed by atoms with van der Waals surface area (Å²) in [5.74, 6) is -4.50. The molecule has 0 bridgehead atoms. The fourth-order valence-electron chi connectivity index (χ4n) is 10.7. The van der Waals surface area contributed by atoms with Crippen LogP contribution in [0, 0.1) is 36.3 Å². The van der Waals surface area contributed by atoms with E-state index in [1.54, 1.807) is 42.7 Å². The van der Waals surface area contributed by atoms with E-state index in [1.807, 2.05) is 20.8 Å². The molecule has 2 unspecified atom stereocenters. The third kappa shape index (κ3) is 5.51. The van der Waals surface area contributed by atoms with E-state index in [9.17, 15) is 28.8 Å². The number of fused-ring (bicyclic) bond motifs is 10. The van der Waals surface area contributed by atoms with Crippen LogP contribution in [0.25, 0.3) is 21.9 Å². The molecular weight excluding hydrogens is 786 g/mol. The first-order chi connectivity index (χ1) is 28.5. The van der Waals surface area contributed by atoms with Crippen molar-refractivity contribution in [2.45, 2.75) is 117 Å². The van der Waals surface area contributed by atoms with Crippen LogP contribution in [0.15, 0.2) is 21.2 Å². The van der Waals surface area contributed by atoms with Crippen molar-refractivity contribution in [3.05, 3.63) is 46.3 Å². The number of benzene rings is 2. The van der Waals surface area contributed by atoms with Crippen LogP contribution in [0.3, 0.4) is 0 Å². The van der Waals surface area contributed by atoms with Crippen molar-refractivity contribution in [3.63, 3.8) is 0 Å². The minimum Gasteiger partial charge on any atom is -0.371 e. The molecule has 4 saturated heterocycles. The number of hydrogen-bond acceptors (Lipinski definition) is 14.